The van der Waals surface area contributed by atoms with Gasteiger partial charge in [0.15, 0.2) is 0 Å². The molecule has 0 saturated heterocycles. The van der Waals surface area contributed by atoms with Crippen molar-refractivity contribution < 1.29 is 14.3 Å². The standard InChI is InChI=1S/C17H16N2O3/c1-11-9-12-5-3-4-6-15(12)19(11)16(20)14-8-7-13(10-18-14)17(21)22-2/h3-8,10-11H,9H2,1-2H3. The van der Waals surface area contributed by atoms with Gasteiger partial charge in [-0.3, -0.25) is 9.78 Å². The SMILES string of the molecule is COC(=O)c1ccc(C(=O)N2c3ccccc3CC2C)nc1. The van der Waals surface area contributed by atoms with E-state index in [0.29, 0.717) is 11.3 Å². The van der Waals surface area contributed by atoms with Crippen LogP contribution in [0.2, 0.25) is 0 Å². The van der Waals surface area contributed by atoms with Crippen LogP contribution in [-0.2, 0) is 11.2 Å². The number of carbonyl (C=O) groups is 2. The van der Waals surface area contributed by atoms with Gasteiger partial charge in [-0.15, -0.1) is 0 Å². The number of anilines is 1. The summed E-state index contributed by atoms with van der Waals surface area (Å²) in [4.78, 5) is 30.0. The highest BCUT2D eigenvalue weighted by atomic mass is 16.5. The average molecular weight is 296 g/mol. The second-order valence-electron chi connectivity index (χ2n) is 5.28. The van der Waals surface area contributed by atoms with E-state index >= 15 is 0 Å². The molecule has 0 radical (unpaired) electrons. The lowest BCUT2D eigenvalue weighted by Gasteiger charge is -2.22. The highest BCUT2D eigenvalue weighted by molar-refractivity contribution is 6.06. The second kappa shape index (κ2) is 5.60. The van der Waals surface area contributed by atoms with Crippen LogP contribution in [0.5, 0.6) is 0 Å². The molecule has 0 bridgehead atoms. The number of amides is 1. The maximum absolute atomic E-state index is 12.7. The number of esters is 1. The van der Waals surface area contributed by atoms with Crippen LogP contribution in [0.4, 0.5) is 5.69 Å². The smallest absolute Gasteiger partial charge is 0.339 e. The van der Waals surface area contributed by atoms with Gasteiger partial charge >= 0.3 is 5.97 Å². The zero-order chi connectivity index (χ0) is 15.7. The van der Waals surface area contributed by atoms with Crippen LogP contribution < -0.4 is 4.90 Å². The molecule has 0 fully saturated rings. The van der Waals surface area contributed by atoms with Crippen LogP contribution in [-0.4, -0.2) is 30.0 Å². The molecule has 3 rings (SSSR count). The highest BCUT2D eigenvalue weighted by Crippen LogP contribution is 2.32. The zero-order valence-electron chi connectivity index (χ0n) is 12.4. The van der Waals surface area contributed by atoms with Crippen molar-refractivity contribution in [3.05, 3.63) is 59.4 Å². The molecule has 5 heteroatoms. The summed E-state index contributed by atoms with van der Waals surface area (Å²) in [6.45, 7) is 2.01. The summed E-state index contributed by atoms with van der Waals surface area (Å²) in [6, 6.07) is 11.1. The van der Waals surface area contributed by atoms with Crippen LogP contribution in [0.25, 0.3) is 0 Å². The quantitative estimate of drug-likeness (QED) is 0.799. The van der Waals surface area contributed by atoms with Gasteiger partial charge in [-0.05, 0) is 37.1 Å². The number of fused-ring (bicyclic) bond motifs is 1. The second-order valence-corrected chi connectivity index (χ2v) is 5.28. The third-order valence-corrected chi connectivity index (χ3v) is 3.83. The van der Waals surface area contributed by atoms with Crippen LogP contribution in [0.1, 0.15) is 33.3 Å². The zero-order valence-corrected chi connectivity index (χ0v) is 12.4. The first-order valence-corrected chi connectivity index (χ1v) is 7.07. The lowest BCUT2D eigenvalue weighted by Crippen LogP contribution is -2.36. The van der Waals surface area contributed by atoms with Crippen molar-refractivity contribution in [3.8, 4) is 0 Å². The topological polar surface area (TPSA) is 59.5 Å². The average Bonchev–Trinajstić information content (AvgIpc) is 2.89. The first-order chi connectivity index (χ1) is 10.6. The molecule has 0 N–H and O–H groups in total. The first kappa shape index (κ1) is 14.3. The number of rotatable bonds is 2. The highest BCUT2D eigenvalue weighted by Gasteiger charge is 2.31. The molecule has 1 aromatic heterocycles. The number of methoxy groups -OCH3 is 1. The molecule has 0 aliphatic carbocycles. The molecule has 1 amide bonds. The van der Waals surface area contributed by atoms with E-state index in [4.69, 9.17) is 0 Å². The molecular formula is C17H16N2O3. The number of hydrogen-bond acceptors (Lipinski definition) is 4. The van der Waals surface area contributed by atoms with E-state index in [1.54, 1.807) is 17.0 Å². The maximum Gasteiger partial charge on any atom is 0.339 e. The molecule has 1 unspecified atom stereocenters. The summed E-state index contributed by atoms with van der Waals surface area (Å²) in [6.07, 6.45) is 2.20. The van der Waals surface area contributed by atoms with Crippen molar-refractivity contribution >= 4 is 17.6 Å². The van der Waals surface area contributed by atoms with E-state index < -0.39 is 5.97 Å². The van der Waals surface area contributed by atoms with Gasteiger partial charge in [0.2, 0.25) is 0 Å². The minimum atomic E-state index is -0.466. The van der Waals surface area contributed by atoms with Gasteiger partial charge in [0.05, 0.1) is 12.7 Å². The van der Waals surface area contributed by atoms with Crippen LogP contribution in [0.3, 0.4) is 0 Å². The van der Waals surface area contributed by atoms with Gasteiger partial charge in [0.25, 0.3) is 5.91 Å². The fraction of sp³-hybridized carbons (Fsp3) is 0.235. The van der Waals surface area contributed by atoms with Crippen LogP contribution >= 0.6 is 0 Å². The molecule has 1 aromatic carbocycles. The molecule has 2 aromatic rings. The largest absolute Gasteiger partial charge is 0.465 e. The first-order valence-electron chi connectivity index (χ1n) is 7.07. The van der Waals surface area contributed by atoms with Gasteiger partial charge in [0.1, 0.15) is 5.69 Å². The van der Waals surface area contributed by atoms with Crippen molar-refractivity contribution in [2.75, 3.05) is 12.0 Å². The van der Waals surface area contributed by atoms with Crippen molar-refractivity contribution in [2.45, 2.75) is 19.4 Å². The molecule has 5 nitrogen and oxygen atoms in total. The van der Waals surface area contributed by atoms with Gasteiger partial charge < -0.3 is 9.64 Å². The summed E-state index contributed by atoms with van der Waals surface area (Å²) in [7, 11) is 1.31. The number of para-hydroxylation sites is 1. The summed E-state index contributed by atoms with van der Waals surface area (Å²) in [5, 5.41) is 0. The third kappa shape index (κ3) is 2.35. The van der Waals surface area contributed by atoms with E-state index in [2.05, 4.69) is 9.72 Å². The van der Waals surface area contributed by atoms with E-state index in [9.17, 15) is 9.59 Å². The van der Waals surface area contributed by atoms with Crippen molar-refractivity contribution in [1.29, 1.82) is 0 Å². The minimum Gasteiger partial charge on any atom is -0.465 e. The van der Waals surface area contributed by atoms with Gasteiger partial charge in [-0.25, -0.2) is 4.79 Å². The summed E-state index contributed by atoms with van der Waals surface area (Å²) < 4.78 is 4.63. The predicted octanol–water partition coefficient (Wildman–Crippen LogP) is 2.46. The number of pyridine rings is 1. The Hall–Kier alpha value is -2.69. The number of benzene rings is 1. The Labute approximate surface area is 128 Å². The van der Waals surface area contributed by atoms with Crippen molar-refractivity contribution in [2.24, 2.45) is 0 Å². The number of hydrogen-bond donors (Lipinski definition) is 0. The number of carbonyl (C=O) groups excluding carboxylic acids is 2. The maximum atomic E-state index is 12.7. The molecule has 22 heavy (non-hydrogen) atoms. The molecular weight excluding hydrogens is 280 g/mol. The van der Waals surface area contributed by atoms with E-state index in [1.165, 1.54) is 13.3 Å². The molecule has 0 saturated carbocycles. The van der Waals surface area contributed by atoms with E-state index in [1.807, 2.05) is 31.2 Å². The van der Waals surface area contributed by atoms with Crippen LogP contribution in [0.15, 0.2) is 42.6 Å². The summed E-state index contributed by atoms with van der Waals surface area (Å²) in [5.41, 5.74) is 2.73. The lowest BCUT2D eigenvalue weighted by atomic mass is 10.1. The third-order valence-electron chi connectivity index (χ3n) is 3.83. The minimum absolute atomic E-state index is 0.0898. The van der Waals surface area contributed by atoms with Crippen LogP contribution in [0, 0.1) is 0 Å². The molecule has 1 aliphatic heterocycles. The molecule has 1 aliphatic rings. The van der Waals surface area contributed by atoms with E-state index in [-0.39, 0.29) is 11.9 Å². The van der Waals surface area contributed by atoms with Crippen molar-refractivity contribution in [1.82, 2.24) is 4.98 Å². The Morgan fingerprint density at radius 1 is 1.23 bits per heavy atom. The van der Waals surface area contributed by atoms with Gasteiger partial charge in [-0.1, -0.05) is 18.2 Å². The fourth-order valence-electron chi connectivity index (χ4n) is 2.76. The fourth-order valence-corrected chi connectivity index (χ4v) is 2.76. The number of ether oxygens (including phenoxy) is 1. The Morgan fingerprint density at radius 3 is 2.68 bits per heavy atom. The monoisotopic (exact) mass is 296 g/mol. The van der Waals surface area contributed by atoms with E-state index in [0.717, 1.165) is 17.7 Å². The molecule has 2 heterocycles. The Balaban J connectivity index is 1.90. The summed E-state index contributed by atoms with van der Waals surface area (Å²) >= 11 is 0. The van der Waals surface area contributed by atoms with Crippen molar-refractivity contribution in [3.63, 3.8) is 0 Å². The van der Waals surface area contributed by atoms with Gasteiger partial charge in [0, 0.05) is 17.9 Å². The lowest BCUT2D eigenvalue weighted by molar-refractivity contribution is 0.0599. The van der Waals surface area contributed by atoms with Gasteiger partial charge in [-0.2, -0.15) is 0 Å². The Morgan fingerprint density at radius 2 is 2.00 bits per heavy atom. The predicted molar refractivity (Wildman–Crippen MR) is 82.0 cm³/mol. The number of aromatic nitrogens is 1. The Bertz CT molecular complexity index is 725. The normalized spacial score (nSPS) is 16.3. The molecule has 1 atom stereocenters. The molecule has 112 valence electrons. The number of nitrogens with zero attached hydrogens (tertiary/aromatic N) is 2. The molecule has 0 spiro atoms. The Kier molecular flexibility index (Phi) is 3.63. The summed E-state index contributed by atoms with van der Waals surface area (Å²) in [5.74, 6) is -0.625.